The molecule has 2 bridgehead atoms. The Morgan fingerprint density at radius 2 is 2.19 bits per heavy atom. The average Bonchev–Trinajstić information content (AvgIpc) is 3.13. The molecule has 3 atom stereocenters. The normalized spacial score (nSPS) is 27.4. The zero-order valence-corrected chi connectivity index (χ0v) is 12.4. The van der Waals surface area contributed by atoms with Gasteiger partial charge in [0.05, 0.1) is 11.1 Å². The van der Waals surface area contributed by atoms with Gasteiger partial charge in [0.25, 0.3) is 5.91 Å². The minimum atomic E-state index is -0.361. The summed E-state index contributed by atoms with van der Waals surface area (Å²) >= 11 is 1.27. The highest BCUT2D eigenvalue weighted by atomic mass is 32.1. The SMILES string of the molecule is Nc1c(C(=O)NC2CC3CCC2C3)sc2cccc(F)c12. The van der Waals surface area contributed by atoms with Crippen molar-refractivity contribution in [3.05, 3.63) is 28.9 Å². The maximum atomic E-state index is 13.8. The quantitative estimate of drug-likeness (QED) is 0.891. The van der Waals surface area contributed by atoms with Crippen molar-refractivity contribution in [2.45, 2.75) is 31.7 Å². The second-order valence-electron chi connectivity index (χ2n) is 6.21. The summed E-state index contributed by atoms with van der Waals surface area (Å²) in [5.41, 5.74) is 6.27. The van der Waals surface area contributed by atoms with Gasteiger partial charge in [-0.2, -0.15) is 0 Å². The Labute approximate surface area is 126 Å². The van der Waals surface area contributed by atoms with Crippen LogP contribution in [-0.2, 0) is 0 Å². The summed E-state index contributed by atoms with van der Waals surface area (Å²) in [6, 6.07) is 5.09. The van der Waals surface area contributed by atoms with E-state index in [-0.39, 0.29) is 23.5 Å². The molecule has 2 fully saturated rings. The van der Waals surface area contributed by atoms with Crippen molar-refractivity contribution in [1.82, 2.24) is 5.32 Å². The zero-order valence-electron chi connectivity index (χ0n) is 11.6. The van der Waals surface area contributed by atoms with E-state index in [4.69, 9.17) is 5.73 Å². The number of hydrogen-bond donors (Lipinski definition) is 2. The molecule has 2 aliphatic carbocycles. The van der Waals surface area contributed by atoms with Crippen LogP contribution in [0.15, 0.2) is 18.2 Å². The standard InChI is InChI=1S/C16H17FN2OS/c17-10-2-1-3-12-13(10)14(18)15(21-12)16(20)19-11-7-8-4-5-9(11)6-8/h1-3,8-9,11H,4-7,18H2,(H,19,20). The molecular weight excluding hydrogens is 287 g/mol. The number of nitrogens with one attached hydrogen (secondary N) is 1. The van der Waals surface area contributed by atoms with E-state index in [1.807, 2.05) is 0 Å². The zero-order chi connectivity index (χ0) is 14.6. The molecule has 0 spiro atoms. The molecule has 1 heterocycles. The van der Waals surface area contributed by atoms with E-state index in [0.717, 1.165) is 17.0 Å². The number of nitrogen functional groups attached to an aromatic ring is 1. The van der Waals surface area contributed by atoms with Gasteiger partial charge in [0, 0.05) is 10.7 Å². The lowest BCUT2D eigenvalue weighted by Crippen LogP contribution is -2.38. The third-order valence-corrected chi connectivity index (χ3v) is 6.13. The van der Waals surface area contributed by atoms with Crippen molar-refractivity contribution in [1.29, 1.82) is 0 Å². The number of rotatable bonds is 2. The summed E-state index contributed by atoms with van der Waals surface area (Å²) in [7, 11) is 0. The molecule has 3 unspecified atom stereocenters. The van der Waals surface area contributed by atoms with Crippen molar-refractivity contribution in [3.8, 4) is 0 Å². The summed E-state index contributed by atoms with van der Waals surface area (Å²) in [6.07, 6.45) is 4.83. The van der Waals surface area contributed by atoms with Gasteiger partial charge >= 0.3 is 0 Å². The van der Waals surface area contributed by atoms with Crippen LogP contribution >= 0.6 is 11.3 Å². The number of amides is 1. The van der Waals surface area contributed by atoms with Gasteiger partial charge < -0.3 is 11.1 Å². The fraction of sp³-hybridized carbons (Fsp3) is 0.438. The molecule has 1 aromatic carbocycles. The largest absolute Gasteiger partial charge is 0.397 e. The van der Waals surface area contributed by atoms with Gasteiger partial charge in [-0.05, 0) is 43.2 Å². The topological polar surface area (TPSA) is 55.1 Å². The van der Waals surface area contributed by atoms with Gasteiger partial charge in [-0.3, -0.25) is 4.79 Å². The molecule has 1 aromatic heterocycles. The van der Waals surface area contributed by atoms with Crippen LogP contribution in [0, 0.1) is 17.7 Å². The molecule has 3 nitrogen and oxygen atoms in total. The lowest BCUT2D eigenvalue weighted by molar-refractivity contribution is 0.0928. The van der Waals surface area contributed by atoms with Gasteiger partial charge in [-0.1, -0.05) is 12.5 Å². The van der Waals surface area contributed by atoms with Crippen LogP contribution in [0.2, 0.25) is 0 Å². The number of fused-ring (bicyclic) bond motifs is 3. The minimum Gasteiger partial charge on any atom is -0.397 e. The van der Waals surface area contributed by atoms with E-state index < -0.39 is 0 Å². The Balaban J connectivity index is 1.62. The highest BCUT2D eigenvalue weighted by Crippen LogP contribution is 2.44. The van der Waals surface area contributed by atoms with Crippen LogP contribution < -0.4 is 11.1 Å². The summed E-state index contributed by atoms with van der Waals surface area (Å²) in [6.45, 7) is 0. The van der Waals surface area contributed by atoms with Crippen LogP contribution in [0.5, 0.6) is 0 Å². The van der Waals surface area contributed by atoms with Crippen LogP contribution in [0.1, 0.15) is 35.4 Å². The number of hydrogen-bond acceptors (Lipinski definition) is 3. The lowest BCUT2D eigenvalue weighted by atomic mass is 9.95. The molecule has 2 aliphatic rings. The van der Waals surface area contributed by atoms with E-state index in [1.54, 1.807) is 12.1 Å². The van der Waals surface area contributed by atoms with Gasteiger partial charge in [-0.25, -0.2) is 4.39 Å². The summed E-state index contributed by atoms with van der Waals surface area (Å²) < 4.78 is 14.6. The molecule has 3 N–H and O–H groups in total. The van der Waals surface area contributed by atoms with E-state index >= 15 is 0 Å². The Morgan fingerprint density at radius 3 is 2.86 bits per heavy atom. The van der Waals surface area contributed by atoms with Crippen LogP contribution in [-0.4, -0.2) is 11.9 Å². The molecule has 5 heteroatoms. The Hall–Kier alpha value is -1.62. The Morgan fingerprint density at radius 1 is 1.33 bits per heavy atom. The number of carbonyl (C=O) groups excluding carboxylic acids is 1. The van der Waals surface area contributed by atoms with Crippen molar-refractivity contribution in [2.24, 2.45) is 11.8 Å². The highest BCUT2D eigenvalue weighted by Gasteiger charge is 2.40. The first-order valence-electron chi connectivity index (χ1n) is 7.41. The first kappa shape index (κ1) is 13.1. The molecule has 110 valence electrons. The molecule has 2 aromatic rings. The smallest absolute Gasteiger partial charge is 0.263 e. The van der Waals surface area contributed by atoms with Crippen LogP contribution in [0.3, 0.4) is 0 Å². The third-order valence-electron chi connectivity index (χ3n) is 4.96. The number of halogens is 1. The molecular formula is C16H17FN2OS. The fourth-order valence-corrected chi connectivity index (χ4v) is 4.99. The maximum Gasteiger partial charge on any atom is 0.263 e. The van der Waals surface area contributed by atoms with Crippen LogP contribution in [0.4, 0.5) is 10.1 Å². The average molecular weight is 304 g/mol. The number of nitrogens with two attached hydrogens (primary N) is 1. The number of thiophene rings is 1. The minimum absolute atomic E-state index is 0.148. The molecule has 0 radical (unpaired) electrons. The van der Waals surface area contributed by atoms with Crippen molar-refractivity contribution < 1.29 is 9.18 Å². The Kier molecular flexibility index (Phi) is 2.92. The van der Waals surface area contributed by atoms with Gasteiger partial charge in [0.2, 0.25) is 0 Å². The second-order valence-corrected chi connectivity index (χ2v) is 7.26. The summed E-state index contributed by atoms with van der Waals surface area (Å²) in [5.74, 6) is 0.884. The lowest BCUT2D eigenvalue weighted by Gasteiger charge is -2.22. The van der Waals surface area contributed by atoms with E-state index in [9.17, 15) is 9.18 Å². The van der Waals surface area contributed by atoms with Crippen molar-refractivity contribution in [3.63, 3.8) is 0 Å². The van der Waals surface area contributed by atoms with Crippen molar-refractivity contribution >= 4 is 33.0 Å². The number of benzene rings is 1. The first-order valence-corrected chi connectivity index (χ1v) is 8.22. The molecule has 0 aliphatic heterocycles. The van der Waals surface area contributed by atoms with E-state index in [0.29, 0.717) is 16.2 Å². The predicted octanol–water partition coefficient (Wildman–Crippen LogP) is 3.54. The van der Waals surface area contributed by atoms with Crippen LogP contribution in [0.25, 0.3) is 10.1 Å². The molecule has 4 rings (SSSR count). The molecule has 1 amide bonds. The molecule has 0 saturated heterocycles. The first-order chi connectivity index (χ1) is 10.1. The monoisotopic (exact) mass is 304 g/mol. The predicted molar refractivity (Wildman–Crippen MR) is 82.9 cm³/mol. The second kappa shape index (κ2) is 4.70. The maximum absolute atomic E-state index is 13.8. The third kappa shape index (κ3) is 2.02. The molecule has 21 heavy (non-hydrogen) atoms. The van der Waals surface area contributed by atoms with Gasteiger partial charge in [0.1, 0.15) is 10.7 Å². The van der Waals surface area contributed by atoms with E-state index in [1.165, 1.54) is 36.7 Å². The summed E-state index contributed by atoms with van der Waals surface area (Å²) in [5, 5.41) is 3.49. The summed E-state index contributed by atoms with van der Waals surface area (Å²) in [4.78, 5) is 12.9. The van der Waals surface area contributed by atoms with Crippen molar-refractivity contribution in [2.75, 3.05) is 5.73 Å². The van der Waals surface area contributed by atoms with Gasteiger partial charge in [0.15, 0.2) is 0 Å². The Bertz CT molecular complexity index is 726. The number of carbonyl (C=O) groups is 1. The van der Waals surface area contributed by atoms with E-state index in [2.05, 4.69) is 5.32 Å². The van der Waals surface area contributed by atoms with Gasteiger partial charge in [-0.15, -0.1) is 11.3 Å². The fourth-order valence-electron chi connectivity index (χ4n) is 3.95. The highest BCUT2D eigenvalue weighted by molar-refractivity contribution is 7.21. The molecule has 2 saturated carbocycles. The number of anilines is 1.